The smallest absolute Gasteiger partial charge is 0.248 e. The van der Waals surface area contributed by atoms with Crippen LogP contribution in [0.3, 0.4) is 0 Å². The minimum absolute atomic E-state index is 0.0144. The molecule has 32 heavy (non-hydrogen) atoms. The summed E-state index contributed by atoms with van der Waals surface area (Å²) in [6.45, 7) is 3.45. The third-order valence-electron chi connectivity index (χ3n) is 7.25. The van der Waals surface area contributed by atoms with E-state index in [2.05, 4.69) is 27.9 Å². The highest BCUT2D eigenvalue weighted by Crippen LogP contribution is 2.45. The Labute approximate surface area is 186 Å². The van der Waals surface area contributed by atoms with Gasteiger partial charge >= 0.3 is 0 Å². The Kier molecular flexibility index (Phi) is 5.30. The lowest BCUT2D eigenvalue weighted by molar-refractivity contribution is -0.154. The van der Waals surface area contributed by atoms with Crippen molar-refractivity contribution < 1.29 is 13.9 Å². The highest BCUT2D eigenvalue weighted by atomic mass is 19.1. The second-order valence-corrected chi connectivity index (χ2v) is 9.19. The maximum atomic E-state index is 13.7. The first-order valence-electron chi connectivity index (χ1n) is 11.2. The summed E-state index contributed by atoms with van der Waals surface area (Å²) in [7, 11) is 0. The largest absolute Gasteiger partial charge is 0.360 e. The van der Waals surface area contributed by atoms with Gasteiger partial charge in [-0.1, -0.05) is 6.92 Å². The number of nitriles is 1. The fraction of sp³-hybridized carbons (Fsp3) is 0.500. The van der Waals surface area contributed by atoms with E-state index < -0.39 is 5.60 Å². The Bertz CT molecular complexity index is 1050. The first-order chi connectivity index (χ1) is 15.5. The first kappa shape index (κ1) is 20.8. The molecular weight excluding hydrogens is 409 g/mol. The van der Waals surface area contributed by atoms with Gasteiger partial charge in [-0.25, -0.2) is 9.37 Å². The average Bonchev–Trinajstić information content (AvgIpc) is 2.97. The number of rotatable bonds is 5. The molecule has 2 aliphatic heterocycles. The van der Waals surface area contributed by atoms with Crippen LogP contribution >= 0.6 is 0 Å². The Hall–Kier alpha value is -3.05. The third kappa shape index (κ3) is 3.61. The van der Waals surface area contributed by atoms with Gasteiger partial charge in [-0.3, -0.25) is 9.78 Å². The van der Waals surface area contributed by atoms with Crippen LogP contribution in [-0.4, -0.2) is 52.6 Å². The van der Waals surface area contributed by atoms with Crippen LogP contribution in [0.25, 0.3) is 0 Å². The fourth-order valence-corrected chi connectivity index (χ4v) is 5.36. The van der Waals surface area contributed by atoms with Crippen molar-refractivity contribution in [1.82, 2.24) is 14.9 Å². The van der Waals surface area contributed by atoms with Gasteiger partial charge in [-0.15, -0.1) is 0 Å². The van der Waals surface area contributed by atoms with Crippen LogP contribution in [0, 0.1) is 23.1 Å². The number of ether oxygens (including phenoxy) is 1. The standard InChI is InChI=1S/C24H26FN5O2/c1-16-7-20-13-29(14-21(16)30(20)22-4-3-17(9-26)10-28-22)23(31)15-32-24(5-2-6-24)18-8-19(25)12-27-11-18/h3-4,8,10-12,16,20-21H,2,5-7,13-15H2,1H3/t16-,20?,21?/m0/s1. The van der Waals surface area contributed by atoms with Gasteiger partial charge in [0.1, 0.15) is 24.3 Å². The zero-order valence-corrected chi connectivity index (χ0v) is 18.1. The molecule has 2 bridgehead atoms. The summed E-state index contributed by atoms with van der Waals surface area (Å²) < 4.78 is 19.8. The molecule has 4 heterocycles. The molecule has 1 aliphatic carbocycles. The summed E-state index contributed by atoms with van der Waals surface area (Å²) in [4.78, 5) is 25.7. The van der Waals surface area contributed by atoms with Crippen LogP contribution in [-0.2, 0) is 15.1 Å². The van der Waals surface area contributed by atoms with Crippen molar-refractivity contribution in [2.24, 2.45) is 5.92 Å². The maximum absolute atomic E-state index is 13.7. The Morgan fingerprint density at radius 3 is 2.78 bits per heavy atom. The van der Waals surface area contributed by atoms with E-state index in [0.29, 0.717) is 30.1 Å². The molecule has 1 saturated carbocycles. The van der Waals surface area contributed by atoms with Crippen LogP contribution < -0.4 is 4.90 Å². The lowest BCUT2D eigenvalue weighted by atomic mass is 9.75. The number of fused-ring (bicyclic) bond motifs is 2. The molecular formula is C24H26FN5O2. The first-order valence-corrected chi connectivity index (χ1v) is 11.2. The second-order valence-electron chi connectivity index (χ2n) is 9.19. The normalized spacial score (nSPS) is 25.8. The molecule has 0 aromatic carbocycles. The van der Waals surface area contributed by atoms with Gasteiger partial charge in [0, 0.05) is 37.1 Å². The van der Waals surface area contributed by atoms with Gasteiger partial charge in [0.05, 0.1) is 23.4 Å². The molecule has 2 aromatic rings. The zero-order valence-electron chi connectivity index (χ0n) is 18.1. The number of nitrogens with zero attached hydrogens (tertiary/aromatic N) is 5. The molecule has 3 fully saturated rings. The van der Waals surface area contributed by atoms with Gasteiger partial charge < -0.3 is 14.5 Å². The number of amides is 1. The molecule has 3 atom stereocenters. The van der Waals surface area contributed by atoms with E-state index >= 15 is 0 Å². The van der Waals surface area contributed by atoms with Crippen molar-refractivity contribution in [1.29, 1.82) is 5.26 Å². The molecule has 166 valence electrons. The van der Waals surface area contributed by atoms with E-state index in [0.717, 1.165) is 31.5 Å². The predicted octanol–water partition coefficient (Wildman–Crippen LogP) is 3.01. The second kappa shape index (κ2) is 8.14. The van der Waals surface area contributed by atoms with E-state index in [1.165, 1.54) is 12.3 Å². The molecule has 1 amide bonds. The lowest BCUT2D eigenvalue weighted by Gasteiger charge is -2.44. The van der Waals surface area contributed by atoms with Crippen LogP contribution in [0.5, 0.6) is 0 Å². The van der Waals surface area contributed by atoms with E-state index in [-0.39, 0.29) is 30.4 Å². The lowest BCUT2D eigenvalue weighted by Crippen LogP contribution is -2.57. The molecule has 5 rings (SSSR count). The molecule has 0 N–H and O–H groups in total. The summed E-state index contributed by atoms with van der Waals surface area (Å²) >= 11 is 0. The minimum Gasteiger partial charge on any atom is -0.360 e. The van der Waals surface area contributed by atoms with E-state index in [1.54, 1.807) is 18.5 Å². The molecule has 0 radical (unpaired) electrons. The molecule has 3 aliphatic rings. The van der Waals surface area contributed by atoms with Crippen molar-refractivity contribution in [3.05, 3.63) is 53.7 Å². The monoisotopic (exact) mass is 435 g/mol. The van der Waals surface area contributed by atoms with Gasteiger partial charge in [-0.2, -0.15) is 5.26 Å². The van der Waals surface area contributed by atoms with E-state index in [4.69, 9.17) is 10.00 Å². The zero-order chi connectivity index (χ0) is 22.3. The number of hydrogen-bond donors (Lipinski definition) is 0. The third-order valence-corrected chi connectivity index (χ3v) is 7.25. The van der Waals surface area contributed by atoms with E-state index in [9.17, 15) is 9.18 Å². The van der Waals surface area contributed by atoms with Crippen LogP contribution in [0.2, 0.25) is 0 Å². The molecule has 2 unspecified atom stereocenters. The van der Waals surface area contributed by atoms with Crippen LogP contribution in [0.15, 0.2) is 36.8 Å². The number of halogens is 1. The number of aromatic nitrogens is 2. The fourth-order valence-electron chi connectivity index (χ4n) is 5.36. The van der Waals surface area contributed by atoms with Crippen molar-refractivity contribution >= 4 is 11.7 Å². The quantitative estimate of drug-likeness (QED) is 0.718. The number of carbonyl (C=O) groups excluding carboxylic acids is 1. The number of piperazine rings is 1. The average molecular weight is 436 g/mol. The Morgan fingerprint density at radius 1 is 1.31 bits per heavy atom. The number of likely N-dealkylation sites (tertiary alicyclic amines) is 1. The van der Waals surface area contributed by atoms with E-state index in [1.807, 2.05) is 11.0 Å². The molecule has 8 heteroatoms. The highest BCUT2D eigenvalue weighted by Gasteiger charge is 2.47. The Balaban J connectivity index is 1.26. The van der Waals surface area contributed by atoms with Gasteiger partial charge in [0.25, 0.3) is 0 Å². The summed E-state index contributed by atoms with van der Waals surface area (Å²) in [6, 6.07) is 7.62. The molecule has 7 nitrogen and oxygen atoms in total. The molecule has 2 saturated heterocycles. The summed E-state index contributed by atoms with van der Waals surface area (Å²) in [5.41, 5.74) is 0.645. The topological polar surface area (TPSA) is 82.4 Å². The SMILES string of the molecule is C[C@H]1CC2CN(C(=O)COC3(c4cncc(F)c4)CCC3)CC1N2c1ccc(C#N)cn1. The van der Waals surface area contributed by atoms with Gasteiger partial charge in [-0.05, 0) is 49.8 Å². The molecule has 0 spiro atoms. The predicted molar refractivity (Wildman–Crippen MR) is 115 cm³/mol. The number of carbonyl (C=O) groups is 1. The van der Waals surface area contributed by atoms with Crippen LogP contribution in [0.1, 0.15) is 43.7 Å². The number of hydrogen-bond acceptors (Lipinski definition) is 6. The summed E-state index contributed by atoms with van der Waals surface area (Å²) in [5.74, 6) is 0.880. The Morgan fingerprint density at radius 2 is 2.16 bits per heavy atom. The maximum Gasteiger partial charge on any atom is 0.248 e. The van der Waals surface area contributed by atoms with Crippen LogP contribution in [0.4, 0.5) is 10.2 Å². The van der Waals surface area contributed by atoms with Gasteiger partial charge in [0.15, 0.2) is 0 Å². The van der Waals surface area contributed by atoms with Crippen molar-refractivity contribution in [2.45, 2.75) is 50.3 Å². The molecule has 2 aromatic heterocycles. The number of pyridine rings is 2. The number of anilines is 1. The van der Waals surface area contributed by atoms with Crippen molar-refractivity contribution in [2.75, 3.05) is 24.6 Å². The van der Waals surface area contributed by atoms with Crippen molar-refractivity contribution in [3.8, 4) is 6.07 Å². The minimum atomic E-state index is -0.606. The van der Waals surface area contributed by atoms with Crippen molar-refractivity contribution in [3.63, 3.8) is 0 Å². The highest BCUT2D eigenvalue weighted by molar-refractivity contribution is 5.78. The summed E-state index contributed by atoms with van der Waals surface area (Å²) in [5, 5.41) is 9.03. The van der Waals surface area contributed by atoms with Gasteiger partial charge in [0.2, 0.25) is 5.91 Å². The summed E-state index contributed by atoms with van der Waals surface area (Å²) in [6.07, 6.45) is 7.94.